The van der Waals surface area contributed by atoms with Crippen LogP contribution in [0, 0.1) is 0 Å². The van der Waals surface area contributed by atoms with Gasteiger partial charge in [0.25, 0.3) is 0 Å². The Labute approximate surface area is 113 Å². The zero-order chi connectivity index (χ0) is 12.1. The molecule has 0 amide bonds. The highest BCUT2D eigenvalue weighted by Gasteiger charge is 1.98. The highest BCUT2D eigenvalue weighted by atomic mass is 79.9. The lowest BCUT2D eigenvalue weighted by atomic mass is 10.3. The number of H-pyrrole nitrogens is 1. The number of anilines is 1. The van der Waals surface area contributed by atoms with Crippen molar-refractivity contribution in [2.45, 2.75) is 6.54 Å². The van der Waals surface area contributed by atoms with Gasteiger partial charge in [-0.3, -0.25) is 5.10 Å². The van der Waals surface area contributed by atoms with Gasteiger partial charge < -0.3 is 10.6 Å². The maximum absolute atomic E-state index is 5.17. The smallest absolute Gasteiger partial charge is 0.171 e. The lowest BCUT2D eigenvalue weighted by Gasteiger charge is -2.09. The van der Waals surface area contributed by atoms with Gasteiger partial charge in [0.2, 0.25) is 0 Å². The van der Waals surface area contributed by atoms with E-state index in [1.54, 1.807) is 6.20 Å². The van der Waals surface area contributed by atoms with E-state index < -0.39 is 0 Å². The van der Waals surface area contributed by atoms with E-state index >= 15 is 0 Å². The standard InChI is InChI=1S/C11H11BrN4S/c12-8-1-3-9(4-2-8)15-11(17)13-7-10-5-6-14-16-10/h1-6H,7H2,(H,14,16)(H2,13,15,17). The predicted molar refractivity (Wildman–Crippen MR) is 75.8 cm³/mol. The monoisotopic (exact) mass is 310 g/mol. The molecule has 88 valence electrons. The molecule has 1 heterocycles. The van der Waals surface area contributed by atoms with Crippen LogP contribution in [0.2, 0.25) is 0 Å². The van der Waals surface area contributed by atoms with E-state index in [0.717, 1.165) is 15.9 Å². The molecule has 3 N–H and O–H groups in total. The van der Waals surface area contributed by atoms with E-state index in [-0.39, 0.29) is 0 Å². The molecule has 0 radical (unpaired) electrons. The molecule has 0 bridgehead atoms. The van der Waals surface area contributed by atoms with Crippen LogP contribution in [0.15, 0.2) is 41.0 Å². The van der Waals surface area contributed by atoms with Crippen LogP contribution in [0.4, 0.5) is 5.69 Å². The first kappa shape index (κ1) is 12.1. The SMILES string of the molecule is S=C(NCc1ccn[nH]1)Nc1ccc(Br)cc1. The summed E-state index contributed by atoms with van der Waals surface area (Å²) in [6.45, 7) is 0.627. The summed E-state index contributed by atoms with van der Waals surface area (Å²) in [7, 11) is 0. The second kappa shape index (κ2) is 5.79. The first-order chi connectivity index (χ1) is 8.24. The first-order valence-electron chi connectivity index (χ1n) is 5.03. The summed E-state index contributed by atoms with van der Waals surface area (Å²) in [6, 6.07) is 9.72. The topological polar surface area (TPSA) is 52.7 Å². The van der Waals surface area contributed by atoms with E-state index in [4.69, 9.17) is 12.2 Å². The molecule has 2 aromatic rings. The van der Waals surface area contributed by atoms with Crippen LogP contribution in [0.25, 0.3) is 0 Å². The number of nitrogens with one attached hydrogen (secondary N) is 3. The number of hydrogen-bond donors (Lipinski definition) is 3. The molecule has 1 aromatic carbocycles. The van der Waals surface area contributed by atoms with Crippen molar-refractivity contribution >= 4 is 38.9 Å². The molecule has 0 saturated carbocycles. The molecule has 0 fully saturated rings. The van der Waals surface area contributed by atoms with Crippen molar-refractivity contribution in [1.29, 1.82) is 0 Å². The van der Waals surface area contributed by atoms with Crippen LogP contribution >= 0.6 is 28.1 Å². The summed E-state index contributed by atoms with van der Waals surface area (Å²) in [6.07, 6.45) is 1.71. The molecule has 2 rings (SSSR count). The number of aromatic nitrogens is 2. The molecule has 0 saturated heterocycles. The van der Waals surface area contributed by atoms with E-state index in [1.807, 2.05) is 30.3 Å². The third-order valence-electron chi connectivity index (χ3n) is 2.10. The maximum atomic E-state index is 5.17. The molecule has 0 aliphatic heterocycles. The van der Waals surface area contributed by atoms with Crippen LogP contribution in [0.1, 0.15) is 5.69 Å². The van der Waals surface area contributed by atoms with Crippen LogP contribution in [-0.2, 0) is 6.54 Å². The van der Waals surface area contributed by atoms with Crippen LogP contribution < -0.4 is 10.6 Å². The summed E-state index contributed by atoms with van der Waals surface area (Å²) in [4.78, 5) is 0. The van der Waals surface area contributed by atoms with Crippen molar-refractivity contribution in [3.8, 4) is 0 Å². The minimum Gasteiger partial charge on any atom is -0.357 e. The average molecular weight is 311 g/mol. The van der Waals surface area contributed by atoms with Crippen molar-refractivity contribution < 1.29 is 0 Å². The quantitative estimate of drug-likeness (QED) is 0.763. The van der Waals surface area contributed by atoms with E-state index in [9.17, 15) is 0 Å². The molecule has 0 aliphatic rings. The molecule has 0 aliphatic carbocycles. The van der Waals surface area contributed by atoms with Gasteiger partial charge in [-0.25, -0.2) is 0 Å². The van der Waals surface area contributed by atoms with Crippen molar-refractivity contribution in [2.75, 3.05) is 5.32 Å². The molecular formula is C11H11BrN4S. The fourth-order valence-electron chi connectivity index (χ4n) is 1.27. The molecule has 1 aromatic heterocycles. The van der Waals surface area contributed by atoms with Gasteiger partial charge in [0, 0.05) is 16.4 Å². The Morgan fingerprint density at radius 1 is 1.29 bits per heavy atom. The third kappa shape index (κ3) is 3.83. The number of thiocarbonyl (C=S) groups is 1. The number of rotatable bonds is 3. The third-order valence-corrected chi connectivity index (χ3v) is 2.87. The molecule has 0 atom stereocenters. The number of hydrogen-bond acceptors (Lipinski definition) is 2. The second-order valence-electron chi connectivity index (χ2n) is 3.40. The lowest BCUT2D eigenvalue weighted by Crippen LogP contribution is -2.27. The highest BCUT2D eigenvalue weighted by molar-refractivity contribution is 9.10. The molecule has 6 heteroatoms. The number of halogens is 1. The zero-order valence-corrected chi connectivity index (χ0v) is 11.3. The number of benzene rings is 1. The van der Waals surface area contributed by atoms with Gasteiger partial charge in [-0.2, -0.15) is 5.10 Å². The Morgan fingerprint density at radius 3 is 2.71 bits per heavy atom. The Morgan fingerprint density at radius 2 is 2.06 bits per heavy atom. The fraction of sp³-hybridized carbons (Fsp3) is 0.0909. The predicted octanol–water partition coefficient (Wildman–Crippen LogP) is 2.66. The summed E-state index contributed by atoms with van der Waals surface area (Å²) >= 11 is 8.55. The van der Waals surface area contributed by atoms with Gasteiger partial charge in [0.15, 0.2) is 5.11 Å². The van der Waals surface area contributed by atoms with E-state index in [0.29, 0.717) is 11.7 Å². The molecule has 17 heavy (non-hydrogen) atoms. The molecule has 0 spiro atoms. The summed E-state index contributed by atoms with van der Waals surface area (Å²) in [5, 5.41) is 13.5. The summed E-state index contributed by atoms with van der Waals surface area (Å²) < 4.78 is 1.04. The van der Waals surface area contributed by atoms with Crippen LogP contribution in [0.3, 0.4) is 0 Å². The number of aromatic amines is 1. The largest absolute Gasteiger partial charge is 0.357 e. The highest BCUT2D eigenvalue weighted by Crippen LogP contribution is 2.13. The van der Waals surface area contributed by atoms with Gasteiger partial charge in [-0.05, 0) is 42.5 Å². The van der Waals surface area contributed by atoms with Crippen LogP contribution in [0.5, 0.6) is 0 Å². The van der Waals surface area contributed by atoms with Crippen LogP contribution in [-0.4, -0.2) is 15.3 Å². The van der Waals surface area contributed by atoms with Gasteiger partial charge >= 0.3 is 0 Å². The number of nitrogens with zero attached hydrogens (tertiary/aromatic N) is 1. The van der Waals surface area contributed by atoms with Crippen molar-refractivity contribution in [1.82, 2.24) is 15.5 Å². The van der Waals surface area contributed by atoms with Gasteiger partial charge in [-0.1, -0.05) is 15.9 Å². The van der Waals surface area contributed by atoms with Crippen molar-refractivity contribution in [3.63, 3.8) is 0 Å². The summed E-state index contributed by atoms with van der Waals surface area (Å²) in [5.74, 6) is 0. The Kier molecular flexibility index (Phi) is 4.11. The molecular weight excluding hydrogens is 300 g/mol. The lowest BCUT2D eigenvalue weighted by molar-refractivity contribution is 0.865. The molecule has 4 nitrogen and oxygen atoms in total. The van der Waals surface area contributed by atoms with Gasteiger partial charge in [-0.15, -0.1) is 0 Å². The zero-order valence-electron chi connectivity index (χ0n) is 8.90. The minimum atomic E-state index is 0.585. The first-order valence-corrected chi connectivity index (χ1v) is 6.23. The minimum absolute atomic E-state index is 0.585. The van der Waals surface area contributed by atoms with E-state index in [2.05, 4.69) is 36.8 Å². The molecule has 0 unspecified atom stereocenters. The average Bonchev–Trinajstić information content (AvgIpc) is 2.83. The Balaban J connectivity index is 1.83. The van der Waals surface area contributed by atoms with Crippen molar-refractivity contribution in [2.24, 2.45) is 0 Å². The fourth-order valence-corrected chi connectivity index (χ4v) is 1.72. The van der Waals surface area contributed by atoms with Crippen molar-refractivity contribution in [3.05, 3.63) is 46.7 Å². The van der Waals surface area contributed by atoms with Gasteiger partial charge in [0.1, 0.15) is 0 Å². The Hall–Kier alpha value is -1.40. The van der Waals surface area contributed by atoms with Gasteiger partial charge in [0.05, 0.1) is 12.2 Å². The van der Waals surface area contributed by atoms with E-state index in [1.165, 1.54) is 0 Å². The summed E-state index contributed by atoms with van der Waals surface area (Å²) in [5.41, 5.74) is 1.94. The second-order valence-corrected chi connectivity index (χ2v) is 4.72. The normalized spacial score (nSPS) is 9.94. The Bertz CT molecular complexity index is 481. The maximum Gasteiger partial charge on any atom is 0.171 e.